The average Bonchev–Trinajstić information content (AvgIpc) is 3.17. The molecule has 0 bridgehead atoms. The van der Waals surface area contributed by atoms with Crippen LogP contribution in [-0.4, -0.2) is 22.3 Å². The number of nitro groups is 1. The molecule has 0 spiro atoms. The molecule has 1 aliphatic rings. The molecule has 1 aromatic heterocycles. The number of hydrogen-bond donors (Lipinski definition) is 0. The molecule has 1 atom stereocenters. The van der Waals surface area contributed by atoms with Gasteiger partial charge in [0.05, 0.1) is 16.5 Å². The number of benzene rings is 1. The Balaban J connectivity index is 1.84. The normalized spacial score (nSPS) is 17.9. The average molecular weight is 302 g/mol. The highest BCUT2D eigenvalue weighted by atomic mass is 32.1. The van der Waals surface area contributed by atoms with E-state index in [2.05, 4.69) is 0 Å². The Morgan fingerprint density at radius 2 is 2.10 bits per heavy atom. The van der Waals surface area contributed by atoms with Gasteiger partial charge in [-0.1, -0.05) is 41.7 Å². The summed E-state index contributed by atoms with van der Waals surface area (Å²) in [5.74, 6) is -0.120. The smallest absolute Gasteiger partial charge is 0.324 e. The molecule has 0 aliphatic carbocycles. The fraction of sp³-hybridized carbons (Fsp3) is 0.267. The van der Waals surface area contributed by atoms with E-state index in [1.165, 1.54) is 6.07 Å². The van der Waals surface area contributed by atoms with Crippen molar-refractivity contribution in [3.05, 3.63) is 63.0 Å². The molecule has 1 aromatic carbocycles. The predicted octanol–water partition coefficient (Wildman–Crippen LogP) is 3.63. The summed E-state index contributed by atoms with van der Waals surface area (Å²) in [4.78, 5) is 24.7. The summed E-state index contributed by atoms with van der Waals surface area (Å²) in [6, 6.07) is 11.4. The molecule has 2 aromatic rings. The topological polar surface area (TPSA) is 63.4 Å². The van der Waals surface area contributed by atoms with Gasteiger partial charge >= 0.3 is 5.00 Å². The highest BCUT2D eigenvalue weighted by Crippen LogP contribution is 2.34. The Morgan fingerprint density at radius 1 is 1.33 bits per heavy atom. The molecule has 1 unspecified atom stereocenters. The lowest BCUT2D eigenvalue weighted by molar-refractivity contribution is -0.380. The molecule has 2 heterocycles. The molecule has 0 radical (unpaired) electrons. The van der Waals surface area contributed by atoms with Crippen LogP contribution >= 0.6 is 11.3 Å². The molecule has 108 valence electrons. The SMILES string of the molecule is O=C(c1csc([N+](=O)[O-])c1)N1CCCC1c1ccccc1. The van der Waals surface area contributed by atoms with Crippen molar-refractivity contribution in [1.82, 2.24) is 4.90 Å². The molecule has 1 amide bonds. The van der Waals surface area contributed by atoms with Gasteiger partial charge in [-0.25, -0.2) is 0 Å². The molecule has 21 heavy (non-hydrogen) atoms. The van der Waals surface area contributed by atoms with E-state index in [9.17, 15) is 14.9 Å². The maximum atomic E-state index is 12.6. The number of rotatable bonds is 3. The zero-order valence-corrected chi connectivity index (χ0v) is 12.1. The van der Waals surface area contributed by atoms with Crippen molar-refractivity contribution in [2.24, 2.45) is 0 Å². The van der Waals surface area contributed by atoms with Crippen LogP contribution in [0.4, 0.5) is 5.00 Å². The molecule has 1 saturated heterocycles. The second-order valence-corrected chi connectivity index (χ2v) is 5.89. The highest BCUT2D eigenvalue weighted by molar-refractivity contribution is 7.13. The van der Waals surface area contributed by atoms with Crippen LogP contribution in [-0.2, 0) is 0 Å². The van der Waals surface area contributed by atoms with E-state index in [4.69, 9.17) is 0 Å². The van der Waals surface area contributed by atoms with Gasteiger partial charge in [0.1, 0.15) is 0 Å². The van der Waals surface area contributed by atoms with Crippen LogP contribution in [0.15, 0.2) is 41.8 Å². The lowest BCUT2D eigenvalue weighted by Crippen LogP contribution is -2.30. The van der Waals surface area contributed by atoms with E-state index in [1.807, 2.05) is 35.2 Å². The lowest BCUT2D eigenvalue weighted by Gasteiger charge is -2.24. The first-order valence-corrected chi connectivity index (χ1v) is 7.63. The van der Waals surface area contributed by atoms with Crippen LogP contribution in [0.5, 0.6) is 0 Å². The minimum absolute atomic E-state index is 0.00816. The van der Waals surface area contributed by atoms with Crippen molar-refractivity contribution in [2.75, 3.05) is 6.54 Å². The molecule has 3 rings (SSSR count). The Kier molecular flexibility index (Phi) is 3.70. The van der Waals surface area contributed by atoms with Crippen LogP contribution in [0, 0.1) is 10.1 Å². The van der Waals surface area contributed by atoms with Crippen molar-refractivity contribution in [1.29, 1.82) is 0 Å². The van der Waals surface area contributed by atoms with Crippen molar-refractivity contribution in [3.8, 4) is 0 Å². The molecule has 0 N–H and O–H groups in total. The summed E-state index contributed by atoms with van der Waals surface area (Å²) in [7, 11) is 0. The Morgan fingerprint density at radius 3 is 2.76 bits per heavy atom. The third-order valence-electron chi connectivity index (χ3n) is 3.71. The minimum Gasteiger partial charge on any atom is -0.332 e. The van der Waals surface area contributed by atoms with Gasteiger partial charge in [0, 0.05) is 18.0 Å². The van der Waals surface area contributed by atoms with E-state index < -0.39 is 4.92 Å². The van der Waals surface area contributed by atoms with Gasteiger partial charge < -0.3 is 4.90 Å². The monoisotopic (exact) mass is 302 g/mol. The number of likely N-dealkylation sites (tertiary alicyclic amines) is 1. The quantitative estimate of drug-likeness (QED) is 0.642. The van der Waals surface area contributed by atoms with Crippen molar-refractivity contribution in [3.63, 3.8) is 0 Å². The molecule has 0 saturated carbocycles. The maximum Gasteiger partial charge on any atom is 0.324 e. The van der Waals surface area contributed by atoms with Crippen LogP contribution in [0.1, 0.15) is 34.8 Å². The van der Waals surface area contributed by atoms with Crippen LogP contribution < -0.4 is 0 Å². The van der Waals surface area contributed by atoms with Crippen LogP contribution in [0.25, 0.3) is 0 Å². The zero-order chi connectivity index (χ0) is 14.8. The predicted molar refractivity (Wildman–Crippen MR) is 80.4 cm³/mol. The number of carbonyl (C=O) groups is 1. The summed E-state index contributed by atoms with van der Waals surface area (Å²) in [5.41, 5.74) is 1.53. The molecular weight excluding hydrogens is 288 g/mol. The summed E-state index contributed by atoms with van der Waals surface area (Å²) in [5, 5.41) is 12.3. The minimum atomic E-state index is -0.458. The van der Waals surface area contributed by atoms with E-state index >= 15 is 0 Å². The van der Waals surface area contributed by atoms with Crippen molar-refractivity contribution >= 4 is 22.2 Å². The second-order valence-electron chi connectivity index (χ2n) is 5.00. The molecule has 1 fully saturated rings. The van der Waals surface area contributed by atoms with Crippen molar-refractivity contribution < 1.29 is 9.72 Å². The Hall–Kier alpha value is -2.21. The fourth-order valence-corrected chi connectivity index (χ4v) is 3.43. The Labute approximate surface area is 126 Å². The van der Waals surface area contributed by atoms with E-state index in [0.29, 0.717) is 12.1 Å². The summed E-state index contributed by atoms with van der Waals surface area (Å²) in [6.45, 7) is 0.696. The lowest BCUT2D eigenvalue weighted by atomic mass is 10.0. The van der Waals surface area contributed by atoms with Crippen LogP contribution in [0.3, 0.4) is 0 Å². The second kappa shape index (κ2) is 5.65. The molecule has 6 heteroatoms. The number of nitrogens with zero attached hydrogens (tertiary/aromatic N) is 2. The van der Waals surface area contributed by atoms with Gasteiger partial charge in [-0.3, -0.25) is 14.9 Å². The van der Waals surface area contributed by atoms with Gasteiger partial charge in [0.2, 0.25) is 0 Å². The molecule has 5 nitrogen and oxygen atoms in total. The van der Waals surface area contributed by atoms with Gasteiger partial charge in [-0.2, -0.15) is 0 Å². The van der Waals surface area contributed by atoms with Crippen molar-refractivity contribution in [2.45, 2.75) is 18.9 Å². The highest BCUT2D eigenvalue weighted by Gasteiger charge is 2.31. The number of thiophene rings is 1. The fourth-order valence-electron chi connectivity index (χ4n) is 2.73. The summed E-state index contributed by atoms with van der Waals surface area (Å²) < 4.78 is 0. The Bertz CT molecular complexity index is 669. The van der Waals surface area contributed by atoms with E-state index in [1.54, 1.807) is 5.38 Å². The zero-order valence-electron chi connectivity index (χ0n) is 11.3. The van der Waals surface area contributed by atoms with Gasteiger partial charge in [-0.15, -0.1) is 0 Å². The van der Waals surface area contributed by atoms with Gasteiger partial charge in [0.25, 0.3) is 5.91 Å². The number of hydrogen-bond acceptors (Lipinski definition) is 4. The largest absolute Gasteiger partial charge is 0.332 e. The first-order valence-electron chi connectivity index (χ1n) is 6.75. The summed E-state index contributed by atoms with van der Waals surface area (Å²) in [6.07, 6.45) is 1.89. The maximum absolute atomic E-state index is 12.6. The number of carbonyl (C=O) groups excluding carboxylic acids is 1. The van der Waals surface area contributed by atoms with Crippen LogP contribution in [0.2, 0.25) is 0 Å². The molecule has 1 aliphatic heterocycles. The first-order chi connectivity index (χ1) is 10.2. The van der Waals surface area contributed by atoms with Gasteiger partial charge in [-0.05, 0) is 18.4 Å². The van der Waals surface area contributed by atoms with E-state index in [0.717, 1.165) is 29.7 Å². The van der Waals surface area contributed by atoms with Gasteiger partial charge in [0.15, 0.2) is 0 Å². The third-order valence-corrected chi connectivity index (χ3v) is 4.59. The first kappa shape index (κ1) is 13.8. The number of amides is 1. The van der Waals surface area contributed by atoms with E-state index in [-0.39, 0.29) is 17.0 Å². The molecular formula is C15H14N2O3S. The third kappa shape index (κ3) is 2.67. The standard InChI is InChI=1S/C15H14N2O3S/c18-15(12-9-14(17(19)20)21-10-12)16-8-4-7-13(16)11-5-2-1-3-6-11/h1-3,5-6,9-10,13H,4,7-8H2. The summed E-state index contributed by atoms with van der Waals surface area (Å²) >= 11 is 0.995.